The molecular weight excluding hydrogens is 259 g/mol. The number of rotatable bonds is 3. The summed E-state index contributed by atoms with van der Waals surface area (Å²) < 4.78 is 13.9. The van der Waals surface area contributed by atoms with Gasteiger partial charge in [-0.15, -0.1) is 0 Å². The summed E-state index contributed by atoms with van der Waals surface area (Å²) >= 11 is 5.70. The summed E-state index contributed by atoms with van der Waals surface area (Å²) in [6.07, 6.45) is 0. The largest absolute Gasteiger partial charge is 0.480 e. The van der Waals surface area contributed by atoms with Crippen molar-refractivity contribution < 1.29 is 14.3 Å². The predicted molar refractivity (Wildman–Crippen MR) is 66.2 cm³/mol. The van der Waals surface area contributed by atoms with Crippen molar-refractivity contribution in [2.24, 2.45) is 0 Å². The lowest BCUT2D eigenvalue weighted by Crippen LogP contribution is -2.47. The van der Waals surface area contributed by atoms with Gasteiger partial charge in [0, 0.05) is 31.7 Å². The second-order valence-electron chi connectivity index (χ2n) is 4.17. The van der Waals surface area contributed by atoms with Crippen molar-refractivity contribution in [2.75, 3.05) is 26.2 Å². The topological polar surface area (TPSA) is 52.6 Å². The van der Waals surface area contributed by atoms with Gasteiger partial charge >= 0.3 is 5.97 Å². The Morgan fingerprint density at radius 3 is 2.72 bits per heavy atom. The van der Waals surface area contributed by atoms with Gasteiger partial charge in [-0.25, -0.2) is 4.39 Å². The smallest absolute Gasteiger partial charge is 0.325 e. The number of halogens is 2. The highest BCUT2D eigenvalue weighted by molar-refractivity contribution is 6.30. The number of aliphatic carboxylic acids is 1. The van der Waals surface area contributed by atoms with Crippen LogP contribution in [0.3, 0.4) is 0 Å². The molecule has 0 aliphatic carbocycles. The SMILES string of the molecule is O=C(O)C(c1cccc(Cl)c1F)N1CCNCC1. The zero-order valence-electron chi connectivity index (χ0n) is 9.70. The van der Waals surface area contributed by atoms with Crippen molar-refractivity contribution in [2.45, 2.75) is 6.04 Å². The van der Waals surface area contributed by atoms with Crippen molar-refractivity contribution in [3.05, 3.63) is 34.6 Å². The van der Waals surface area contributed by atoms with Crippen LogP contribution in [0.4, 0.5) is 4.39 Å². The first-order chi connectivity index (χ1) is 8.61. The van der Waals surface area contributed by atoms with Crippen molar-refractivity contribution in [3.63, 3.8) is 0 Å². The molecule has 98 valence electrons. The molecule has 2 N–H and O–H groups in total. The molecule has 4 nitrogen and oxygen atoms in total. The van der Waals surface area contributed by atoms with Crippen LogP contribution in [-0.2, 0) is 4.79 Å². The Labute approximate surface area is 109 Å². The summed E-state index contributed by atoms with van der Waals surface area (Å²) in [6.45, 7) is 2.55. The third kappa shape index (κ3) is 2.63. The van der Waals surface area contributed by atoms with E-state index in [0.29, 0.717) is 26.2 Å². The van der Waals surface area contributed by atoms with E-state index < -0.39 is 17.8 Å². The second-order valence-corrected chi connectivity index (χ2v) is 4.58. The van der Waals surface area contributed by atoms with Gasteiger partial charge in [-0.2, -0.15) is 0 Å². The van der Waals surface area contributed by atoms with Gasteiger partial charge in [-0.3, -0.25) is 9.69 Å². The molecule has 1 aromatic carbocycles. The van der Waals surface area contributed by atoms with E-state index in [1.807, 2.05) is 0 Å². The molecule has 1 aromatic rings. The number of benzene rings is 1. The van der Waals surface area contributed by atoms with Crippen LogP contribution in [0.25, 0.3) is 0 Å². The van der Waals surface area contributed by atoms with E-state index in [-0.39, 0.29) is 10.6 Å². The fourth-order valence-corrected chi connectivity index (χ4v) is 2.34. The Balaban J connectivity index is 2.34. The number of carboxylic acids is 1. The molecule has 1 unspecified atom stereocenters. The molecular formula is C12H14ClFN2O2. The minimum atomic E-state index is -1.06. The third-order valence-electron chi connectivity index (χ3n) is 3.03. The average Bonchev–Trinajstić information content (AvgIpc) is 2.36. The van der Waals surface area contributed by atoms with Crippen LogP contribution < -0.4 is 5.32 Å². The molecule has 0 saturated carbocycles. The fourth-order valence-electron chi connectivity index (χ4n) is 2.16. The summed E-state index contributed by atoms with van der Waals surface area (Å²) in [7, 11) is 0. The van der Waals surface area contributed by atoms with Crippen LogP contribution in [0, 0.1) is 5.82 Å². The standard InChI is InChI=1S/C12H14ClFN2O2/c13-9-3-1-2-8(10(9)14)11(12(17)18)16-6-4-15-5-7-16/h1-3,11,15H,4-7H2,(H,17,18). The number of nitrogens with zero attached hydrogens (tertiary/aromatic N) is 1. The maximum atomic E-state index is 13.9. The first-order valence-corrected chi connectivity index (χ1v) is 6.10. The molecule has 1 atom stereocenters. The minimum absolute atomic E-state index is 0.0473. The first kappa shape index (κ1) is 13.3. The third-order valence-corrected chi connectivity index (χ3v) is 3.32. The number of carbonyl (C=O) groups is 1. The van der Waals surface area contributed by atoms with Crippen molar-refractivity contribution in [1.82, 2.24) is 10.2 Å². The lowest BCUT2D eigenvalue weighted by atomic mass is 10.0. The number of hydrogen-bond donors (Lipinski definition) is 2. The summed E-state index contributed by atoms with van der Waals surface area (Å²) in [5.41, 5.74) is 0.122. The van der Waals surface area contributed by atoms with Gasteiger partial charge in [-0.05, 0) is 6.07 Å². The van der Waals surface area contributed by atoms with E-state index in [1.165, 1.54) is 12.1 Å². The molecule has 1 saturated heterocycles. The molecule has 0 aromatic heterocycles. The molecule has 1 fully saturated rings. The molecule has 1 aliphatic heterocycles. The maximum absolute atomic E-state index is 13.9. The molecule has 0 radical (unpaired) electrons. The van der Waals surface area contributed by atoms with Gasteiger partial charge < -0.3 is 10.4 Å². The van der Waals surface area contributed by atoms with Crippen molar-refractivity contribution in [1.29, 1.82) is 0 Å². The Morgan fingerprint density at radius 2 is 2.11 bits per heavy atom. The van der Waals surface area contributed by atoms with E-state index in [4.69, 9.17) is 11.6 Å². The quantitative estimate of drug-likeness (QED) is 0.876. The van der Waals surface area contributed by atoms with Crippen LogP contribution in [0.5, 0.6) is 0 Å². The van der Waals surface area contributed by atoms with Gasteiger partial charge in [0.1, 0.15) is 11.9 Å². The number of hydrogen-bond acceptors (Lipinski definition) is 3. The second kappa shape index (κ2) is 5.65. The van der Waals surface area contributed by atoms with E-state index >= 15 is 0 Å². The highest BCUT2D eigenvalue weighted by atomic mass is 35.5. The Bertz CT molecular complexity index is 450. The van der Waals surface area contributed by atoms with Crippen LogP contribution in [-0.4, -0.2) is 42.2 Å². The minimum Gasteiger partial charge on any atom is -0.480 e. The van der Waals surface area contributed by atoms with Crippen LogP contribution in [0.2, 0.25) is 5.02 Å². The average molecular weight is 273 g/mol. The molecule has 0 amide bonds. The molecule has 18 heavy (non-hydrogen) atoms. The van der Waals surface area contributed by atoms with Crippen LogP contribution in [0.1, 0.15) is 11.6 Å². The Morgan fingerprint density at radius 1 is 1.44 bits per heavy atom. The van der Waals surface area contributed by atoms with Crippen molar-refractivity contribution >= 4 is 17.6 Å². The number of nitrogens with one attached hydrogen (secondary N) is 1. The monoisotopic (exact) mass is 272 g/mol. The van der Waals surface area contributed by atoms with Crippen molar-refractivity contribution in [3.8, 4) is 0 Å². The molecule has 0 spiro atoms. The fraction of sp³-hybridized carbons (Fsp3) is 0.417. The van der Waals surface area contributed by atoms with E-state index in [9.17, 15) is 14.3 Å². The summed E-state index contributed by atoms with van der Waals surface area (Å²) in [5.74, 6) is -1.71. The Kier molecular flexibility index (Phi) is 4.16. The molecule has 2 rings (SSSR count). The van der Waals surface area contributed by atoms with Gasteiger partial charge in [0.2, 0.25) is 0 Å². The van der Waals surface area contributed by atoms with Gasteiger partial charge in [0.05, 0.1) is 5.02 Å². The summed E-state index contributed by atoms with van der Waals surface area (Å²) in [5, 5.41) is 12.4. The maximum Gasteiger partial charge on any atom is 0.325 e. The Hall–Kier alpha value is -1.17. The zero-order valence-corrected chi connectivity index (χ0v) is 10.5. The number of carboxylic acid groups (broad SMARTS) is 1. The molecule has 0 bridgehead atoms. The summed E-state index contributed by atoms with van der Waals surface area (Å²) in [4.78, 5) is 13.1. The lowest BCUT2D eigenvalue weighted by molar-refractivity contribution is -0.144. The van der Waals surface area contributed by atoms with Gasteiger partial charge in [-0.1, -0.05) is 23.7 Å². The molecule has 6 heteroatoms. The first-order valence-electron chi connectivity index (χ1n) is 5.72. The molecule has 1 aliphatic rings. The highest BCUT2D eigenvalue weighted by Gasteiger charge is 2.31. The lowest BCUT2D eigenvalue weighted by Gasteiger charge is -2.32. The number of piperazine rings is 1. The zero-order chi connectivity index (χ0) is 13.1. The van der Waals surface area contributed by atoms with Crippen LogP contribution in [0.15, 0.2) is 18.2 Å². The van der Waals surface area contributed by atoms with Crippen LogP contribution >= 0.6 is 11.6 Å². The summed E-state index contributed by atoms with van der Waals surface area (Å²) in [6, 6.07) is 3.48. The molecule has 1 heterocycles. The predicted octanol–water partition coefficient (Wildman–Crippen LogP) is 1.51. The normalized spacial score (nSPS) is 18.6. The van der Waals surface area contributed by atoms with Gasteiger partial charge in [0.25, 0.3) is 0 Å². The highest BCUT2D eigenvalue weighted by Crippen LogP contribution is 2.28. The van der Waals surface area contributed by atoms with E-state index in [0.717, 1.165) is 0 Å². The van der Waals surface area contributed by atoms with E-state index in [1.54, 1.807) is 11.0 Å². The van der Waals surface area contributed by atoms with E-state index in [2.05, 4.69) is 5.32 Å². The van der Waals surface area contributed by atoms with Gasteiger partial charge in [0.15, 0.2) is 0 Å².